The Morgan fingerprint density at radius 1 is 1.26 bits per heavy atom. The van der Waals surface area contributed by atoms with Gasteiger partial charge in [0.1, 0.15) is 11.3 Å². The largest absolute Gasteiger partial charge is 0.469 e. The molecule has 0 aliphatic heterocycles. The van der Waals surface area contributed by atoms with E-state index >= 15 is 0 Å². The molecular formula is C15H18N2O2. The minimum atomic E-state index is -1.02. The van der Waals surface area contributed by atoms with Crippen LogP contribution in [0.2, 0.25) is 0 Å². The van der Waals surface area contributed by atoms with E-state index in [-0.39, 0.29) is 5.91 Å². The van der Waals surface area contributed by atoms with Crippen molar-refractivity contribution in [2.45, 2.75) is 18.9 Å². The Morgan fingerprint density at radius 2 is 2.00 bits per heavy atom. The molecule has 0 radical (unpaired) electrons. The summed E-state index contributed by atoms with van der Waals surface area (Å²) in [5.41, 5.74) is 5.88. The molecule has 100 valence electrons. The number of carbonyl (C=O) groups is 1. The van der Waals surface area contributed by atoms with Gasteiger partial charge in [0.05, 0.1) is 6.26 Å². The number of carbonyl (C=O) groups excluding carboxylic acids is 1. The number of furan rings is 1. The summed E-state index contributed by atoms with van der Waals surface area (Å²) in [6.07, 6.45) is 2.28. The normalized spacial score (nSPS) is 13.8. The predicted molar refractivity (Wildman–Crippen MR) is 73.4 cm³/mol. The van der Waals surface area contributed by atoms with E-state index < -0.39 is 5.54 Å². The standard InChI is InChI=1S/C15H18N2O2/c1-15(16,12-6-3-2-4-7-12)14(18)17-10-9-13-8-5-11-19-13/h2-8,11H,9-10,16H2,1H3,(H,17,18). The molecule has 0 fully saturated rings. The number of hydrogen-bond acceptors (Lipinski definition) is 3. The number of nitrogens with one attached hydrogen (secondary N) is 1. The van der Waals surface area contributed by atoms with Crippen molar-refractivity contribution < 1.29 is 9.21 Å². The van der Waals surface area contributed by atoms with Crippen LogP contribution in [0.5, 0.6) is 0 Å². The average molecular weight is 258 g/mol. The van der Waals surface area contributed by atoms with E-state index in [1.807, 2.05) is 42.5 Å². The Kier molecular flexibility index (Phi) is 4.02. The molecule has 3 N–H and O–H groups in total. The first-order valence-electron chi connectivity index (χ1n) is 6.26. The molecular weight excluding hydrogens is 240 g/mol. The van der Waals surface area contributed by atoms with Crippen LogP contribution < -0.4 is 11.1 Å². The second-order valence-corrected chi connectivity index (χ2v) is 4.65. The molecule has 2 aromatic rings. The second-order valence-electron chi connectivity index (χ2n) is 4.65. The molecule has 4 heteroatoms. The summed E-state index contributed by atoms with van der Waals surface area (Å²) in [5.74, 6) is 0.656. The first-order chi connectivity index (χ1) is 9.10. The van der Waals surface area contributed by atoms with Crippen molar-refractivity contribution in [3.8, 4) is 0 Å². The summed E-state index contributed by atoms with van der Waals surface area (Å²) in [4.78, 5) is 12.1. The highest BCUT2D eigenvalue weighted by Crippen LogP contribution is 2.17. The zero-order valence-electron chi connectivity index (χ0n) is 10.9. The van der Waals surface area contributed by atoms with E-state index in [4.69, 9.17) is 10.2 Å². The lowest BCUT2D eigenvalue weighted by Gasteiger charge is -2.24. The molecule has 2 rings (SSSR count). The van der Waals surface area contributed by atoms with Gasteiger partial charge in [-0.05, 0) is 24.6 Å². The number of rotatable bonds is 5. The molecule has 1 aromatic heterocycles. The lowest BCUT2D eigenvalue weighted by molar-refractivity contribution is -0.126. The van der Waals surface area contributed by atoms with Gasteiger partial charge < -0.3 is 15.5 Å². The fourth-order valence-corrected chi connectivity index (χ4v) is 1.85. The van der Waals surface area contributed by atoms with Crippen LogP contribution in [0, 0.1) is 0 Å². The van der Waals surface area contributed by atoms with Crippen molar-refractivity contribution in [2.75, 3.05) is 6.54 Å². The van der Waals surface area contributed by atoms with Gasteiger partial charge in [0.25, 0.3) is 0 Å². The van der Waals surface area contributed by atoms with E-state index in [0.717, 1.165) is 11.3 Å². The second kappa shape index (κ2) is 5.71. The van der Waals surface area contributed by atoms with Gasteiger partial charge in [0, 0.05) is 13.0 Å². The highest BCUT2D eigenvalue weighted by Gasteiger charge is 2.29. The van der Waals surface area contributed by atoms with E-state index in [1.165, 1.54) is 0 Å². The van der Waals surface area contributed by atoms with Crippen LogP contribution in [-0.2, 0) is 16.8 Å². The Morgan fingerprint density at radius 3 is 2.63 bits per heavy atom. The van der Waals surface area contributed by atoms with Crippen molar-refractivity contribution in [1.82, 2.24) is 5.32 Å². The van der Waals surface area contributed by atoms with Crippen molar-refractivity contribution in [3.63, 3.8) is 0 Å². The number of nitrogens with two attached hydrogens (primary N) is 1. The average Bonchev–Trinajstić information content (AvgIpc) is 2.93. The molecule has 19 heavy (non-hydrogen) atoms. The molecule has 0 saturated carbocycles. The van der Waals surface area contributed by atoms with Crippen molar-refractivity contribution >= 4 is 5.91 Å². The Balaban J connectivity index is 1.92. The molecule has 1 unspecified atom stereocenters. The van der Waals surface area contributed by atoms with Crippen LogP contribution in [0.15, 0.2) is 53.1 Å². The number of hydrogen-bond donors (Lipinski definition) is 2. The maximum absolute atomic E-state index is 12.1. The molecule has 1 aromatic carbocycles. The van der Waals surface area contributed by atoms with Crippen LogP contribution in [0.1, 0.15) is 18.2 Å². The van der Waals surface area contributed by atoms with Gasteiger partial charge in [0.15, 0.2) is 0 Å². The fourth-order valence-electron chi connectivity index (χ4n) is 1.85. The Bertz CT molecular complexity index is 518. The molecule has 1 atom stereocenters. The molecule has 0 spiro atoms. The van der Waals surface area contributed by atoms with Crippen molar-refractivity contribution in [2.24, 2.45) is 5.73 Å². The summed E-state index contributed by atoms with van der Waals surface area (Å²) in [7, 11) is 0. The van der Waals surface area contributed by atoms with Crippen molar-refractivity contribution in [1.29, 1.82) is 0 Å². The smallest absolute Gasteiger partial charge is 0.244 e. The quantitative estimate of drug-likeness (QED) is 0.859. The first-order valence-corrected chi connectivity index (χ1v) is 6.26. The lowest BCUT2D eigenvalue weighted by atomic mass is 9.92. The van der Waals surface area contributed by atoms with Crippen LogP contribution in [0.25, 0.3) is 0 Å². The van der Waals surface area contributed by atoms with Gasteiger partial charge in [0.2, 0.25) is 5.91 Å². The minimum Gasteiger partial charge on any atom is -0.469 e. The monoisotopic (exact) mass is 258 g/mol. The van der Waals surface area contributed by atoms with E-state index in [2.05, 4.69) is 5.32 Å². The predicted octanol–water partition coefficient (Wildman–Crippen LogP) is 1.81. The highest BCUT2D eigenvalue weighted by molar-refractivity contribution is 5.86. The lowest BCUT2D eigenvalue weighted by Crippen LogP contribution is -2.49. The van der Waals surface area contributed by atoms with Gasteiger partial charge >= 0.3 is 0 Å². The third-order valence-corrected chi connectivity index (χ3v) is 3.08. The summed E-state index contributed by atoms with van der Waals surface area (Å²) in [6.45, 7) is 2.22. The zero-order valence-corrected chi connectivity index (χ0v) is 10.9. The molecule has 0 bridgehead atoms. The zero-order chi connectivity index (χ0) is 13.7. The maximum atomic E-state index is 12.1. The van der Waals surface area contributed by atoms with E-state index in [9.17, 15) is 4.79 Å². The SMILES string of the molecule is CC(N)(C(=O)NCCc1ccco1)c1ccccc1. The Labute approximate surface area is 112 Å². The molecule has 1 heterocycles. The molecule has 0 aliphatic rings. The fraction of sp³-hybridized carbons (Fsp3) is 0.267. The van der Waals surface area contributed by atoms with Gasteiger partial charge in [-0.1, -0.05) is 30.3 Å². The van der Waals surface area contributed by atoms with Crippen LogP contribution in [-0.4, -0.2) is 12.5 Å². The van der Waals surface area contributed by atoms with E-state index in [0.29, 0.717) is 13.0 Å². The van der Waals surface area contributed by atoms with Gasteiger partial charge in [-0.2, -0.15) is 0 Å². The summed E-state index contributed by atoms with van der Waals surface area (Å²) < 4.78 is 5.20. The molecule has 0 aliphatic carbocycles. The van der Waals surface area contributed by atoms with Crippen LogP contribution in [0.3, 0.4) is 0 Å². The van der Waals surface area contributed by atoms with Gasteiger partial charge in [-0.25, -0.2) is 0 Å². The molecule has 1 amide bonds. The first kappa shape index (κ1) is 13.4. The van der Waals surface area contributed by atoms with Crippen LogP contribution in [0.4, 0.5) is 0 Å². The van der Waals surface area contributed by atoms with Gasteiger partial charge in [-0.3, -0.25) is 4.79 Å². The third kappa shape index (κ3) is 3.23. The summed E-state index contributed by atoms with van der Waals surface area (Å²) >= 11 is 0. The van der Waals surface area contributed by atoms with E-state index in [1.54, 1.807) is 13.2 Å². The highest BCUT2D eigenvalue weighted by atomic mass is 16.3. The Hall–Kier alpha value is -2.07. The minimum absolute atomic E-state index is 0.190. The maximum Gasteiger partial charge on any atom is 0.244 e. The number of amides is 1. The summed E-state index contributed by atoms with van der Waals surface area (Å²) in [6, 6.07) is 13.1. The van der Waals surface area contributed by atoms with Crippen molar-refractivity contribution in [3.05, 3.63) is 60.1 Å². The van der Waals surface area contributed by atoms with Crippen LogP contribution >= 0.6 is 0 Å². The molecule has 4 nitrogen and oxygen atoms in total. The third-order valence-electron chi connectivity index (χ3n) is 3.08. The number of benzene rings is 1. The van der Waals surface area contributed by atoms with Gasteiger partial charge in [-0.15, -0.1) is 0 Å². The summed E-state index contributed by atoms with van der Waals surface area (Å²) in [5, 5.41) is 2.84. The topological polar surface area (TPSA) is 68.3 Å². The molecule has 0 saturated heterocycles.